The number of rotatable bonds is 6. The average Bonchev–Trinajstić information content (AvgIpc) is 3.12. The lowest BCUT2D eigenvalue weighted by molar-refractivity contribution is -0.383. The number of nitrogens with two attached hydrogens (primary N) is 2. The van der Waals surface area contributed by atoms with Crippen molar-refractivity contribution in [1.82, 2.24) is 15.3 Å². The van der Waals surface area contributed by atoms with Crippen molar-refractivity contribution in [2.45, 2.75) is 32.2 Å². The van der Waals surface area contributed by atoms with Crippen LogP contribution < -0.4 is 21.7 Å². The van der Waals surface area contributed by atoms with E-state index in [-0.39, 0.29) is 28.5 Å². The molecule has 1 aromatic carbocycles. The van der Waals surface area contributed by atoms with Crippen LogP contribution in [0.15, 0.2) is 18.2 Å². The molecule has 0 radical (unpaired) electrons. The molecule has 1 atom stereocenters. The summed E-state index contributed by atoms with van der Waals surface area (Å²) in [6.07, 6.45) is 2.67. The summed E-state index contributed by atoms with van der Waals surface area (Å²) < 4.78 is 0. The van der Waals surface area contributed by atoms with Crippen LogP contribution in [-0.4, -0.2) is 41.1 Å². The van der Waals surface area contributed by atoms with Gasteiger partial charge in [0.25, 0.3) is 0 Å². The van der Waals surface area contributed by atoms with Gasteiger partial charge in [-0.1, -0.05) is 13.3 Å². The molecule has 9 heteroatoms. The van der Waals surface area contributed by atoms with Gasteiger partial charge < -0.3 is 21.7 Å². The van der Waals surface area contributed by atoms with Crippen LogP contribution >= 0.6 is 0 Å². The van der Waals surface area contributed by atoms with E-state index in [1.807, 2.05) is 13.1 Å². The van der Waals surface area contributed by atoms with E-state index in [9.17, 15) is 10.1 Å². The fraction of sp³-hybridized carbons (Fsp3) is 0.444. The monoisotopic (exact) mass is 371 g/mol. The zero-order valence-electron chi connectivity index (χ0n) is 15.6. The highest BCUT2D eigenvalue weighted by atomic mass is 16.6. The zero-order chi connectivity index (χ0) is 19.6. The number of nitrogen functional groups attached to an aromatic ring is 2. The van der Waals surface area contributed by atoms with Gasteiger partial charge >= 0.3 is 5.69 Å². The second kappa shape index (κ2) is 7.75. The van der Waals surface area contributed by atoms with E-state index in [0.717, 1.165) is 43.9 Å². The fourth-order valence-corrected chi connectivity index (χ4v) is 3.40. The summed E-state index contributed by atoms with van der Waals surface area (Å²) >= 11 is 0. The molecule has 2 heterocycles. The van der Waals surface area contributed by atoms with Gasteiger partial charge in [0.05, 0.1) is 4.92 Å². The lowest BCUT2D eigenvalue weighted by Gasteiger charge is -2.19. The van der Waals surface area contributed by atoms with Gasteiger partial charge in [-0.2, -0.15) is 0 Å². The van der Waals surface area contributed by atoms with Crippen molar-refractivity contribution >= 4 is 22.9 Å². The largest absolute Gasteiger partial charge is 0.398 e. The molecule has 0 saturated carbocycles. The Labute approximate surface area is 157 Å². The number of nitro groups is 1. The molecular formula is C18H25N7O2. The molecule has 1 aromatic heterocycles. The lowest BCUT2D eigenvalue weighted by Crippen LogP contribution is -2.30. The maximum absolute atomic E-state index is 11.6. The first-order chi connectivity index (χ1) is 12.9. The number of hydrogen-bond acceptors (Lipinski definition) is 8. The van der Waals surface area contributed by atoms with Crippen LogP contribution in [0.2, 0.25) is 0 Å². The standard InChI is InChI=1S/C18H25N7O2/c1-3-4-11-9-15(24-8-7-12(10-24)21-2)23-18(22-11)16-13(19)5-6-14(20)17(16)25(26)27/h5-6,9,12,21H,3-4,7-8,10,19-20H2,1-2H3. The molecule has 144 valence electrons. The summed E-state index contributed by atoms with van der Waals surface area (Å²) in [7, 11) is 1.94. The first kappa shape index (κ1) is 18.8. The molecule has 5 N–H and O–H groups in total. The van der Waals surface area contributed by atoms with E-state index in [1.54, 1.807) is 6.07 Å². The summed E-state index contributed by atoms with van der Waals surface area (Å²) in [4.78, 5) is 22.4. The van der Waals surface area contributed by atoms with Crippen LogP contribution in [0.3, 0.4) is 0 Å². The highest BCUT2D eigenvalue weighted by Gasteiger charge is 2.27. The summed E-state index contributed by atoms with van der Waals surface area (Å²) in [5, 5.41) is 14.9. The van der Waals surface area contributed by atoms with Gasteiger partial charge in [-0.15, -0.1) is 0 Å². The average molecular weight is 371 g/mol. The number of aromatic nitrogens is 2. The number of benzene rings is 1. The van der Waals surface area contributed by atoms with Crippen LogP contribution in [0.1, 0.15) is 25.5 Å². The Morgan fingerprint density at radius 1 is 1.33 bits per heavy atom. The van der Waals surface area contributed by atoms with Gasteiger partial charge in [0, 0.05) is 36.6 Å². The van der Waals surface area contributed by atoms with E-state index >= 15 is 0 Å². The third-order valence-corrected chi connectivity index (χ3v) is 4.84. The van der Waals surface area contributed by atoms with Crippen molar-refractivity contribution in [2.24, 2.45) is 0 Å². The van der Waals surface area contributed by atoms with Crippen LogP contribution in [0.25, 0.3) is 11.4 Å². The van der Waals surface area contributed by atoms with Crippen molar-refractivity contribution in [3.63, 3.8) is 0 Å². The predicted molar refractivity (Wildman–Crippen MR) is 107 cm³/mol. The Bertz CT molecular complexity index is 856. The molecular weight excluding hydrogens is 346 g/mol. The van der Waals surface area contributed by atoms with Crippen molar-refractivity contribution in [3.05, 3.63) is 34.0 Å². The summed E-state index contributed by atoms with van der Waals surface area (Å²) in [5.74, 6) is 1.01. The Morgan fingerprint density at radius 2 is 2.07 bits per heavy atom. The molecule has 27 heavy (non-hydrogen) atoms. The maximum atomic E-state index is 11.6. The minimum absolute atomic E-state index is 0.0478. The number of nitrogens with one attached hydrogen (secondary N) is 1. The molecule has 1 unspecified atom stereocenters. The number of hydrogen-bond donors (Lipinski definition) is 3. The molecule has 0 bridgehead atoms. The number of aryl methyl sites for hydroxylation is 1. The van der Waals surface area contributed by atoms with Crippen molar-refractivity contribution in [3.8, 4) is 11.4 Å². The number of nitrogens with zero attached hydrogens (tertiary/aromatic N) is 4. The molecule has 0 aliphatic carbocycles. The number of anilines is 3. The van der Waals surface area contributed by atoms with Gasteiger partial charge in [-0.05, 0) is 32.0 Å². The quantitative estimate of drug-likeness (QED) is 0.398. The van der Waals surface area contributed by atoms with Crippen molar-refractivity contribution in [1.29, 1.82) is 0 Å². The minimum Gasteiger partial charge on any atom is -0.398 e. The molecule has 9 nitrogen and oxygen atoms in total. The Kier molecular flexibility index (Phi) is 5.41. The highest BCUT2D eigenvalue weighted by molar-refractivity contribution is 5.87. The second-order valence-electron chi connectivity index (χ2n) is 6.74. The van der Waals surface area contributed by atoms with Crippen molar-refractivity contribution < 1.29 is 4.92 Å². The van der Waals surface area contributed by atoms with Gasteiger partial charge in [0.1, 0.15) is 17.1 Å². The van der Waals surface area contributed by atoms with E-state index in [0.29, 0.717) is 6.04 Å². The summed E-state index contributed by atoms with van der Waals surface area (Å²) in [6, 6.07) is 5.34. The van der Waals surface area contributed by atoms with E-state index in [4.69, 9.17) is 11.5 Å². The number of likely N-dealkylation sites (N-methyl/N-ethyl adjacent to an activating group) is 1. The van der Waals surface area contributed by atoms with E-state index in [2.05, 4.69) is 27.1 Å². The first-order valence-electron chi connectivity index (χ1n) is 9.07. The summed E-state index contributed by atoms with van der Waals surface area (Å²) in [5.41, 5.74) is 13.0. The van der Waals surface area contributed by atoms with Crippen LogP contribution in [0.4, 0.5) is 22.9 Å². The molecule has 3 rings (SSSR count). The fourth-order valence-electron chi connectivity index (χ4n) is 3.40. The Balaban J connectivity index is 2.14. The number of nitro benzene ring substituents is 1. The van der Waals surface area contributed by atoms with Gasteiger partial charge in [0.2, 0.25) is 0 Å². The normalized spacial score (nSPS) is 16.7. The highest BCUT2D eigenvalue weighted by Crippen LogP contribution is 2.38. The first-order valence-corrected chi connectivity index (χ1v) is 9.07. The Hall–Kier alpha value is -2.94. The molecule has 1 saturated heterocycles. The molecule has 2 aromatic rings. The van der Waals surface area contributed by atoms with E-state index < -0.39 is 4.92 Å². The van der Waals surface area contributed by atoms with Gasteiger partial charge in [0.15, 0.2) is 5.82 Å². The van der Waals surface area contributed by atoms with Crippen molar-refractivity contribution in [2.75, 3.05) is 36.5 Å². The third-order valence-electron chi connectivity index (χ3n) is 4.84. The van der Waals surface area contributed by atoms with Gasteiger partial charge in [-0.3, -0.25) is 10.1 Å². The molecule has 0 spiro atoms. The molecule has 1 aliphatic heterocycles. The smallest absolute Gasteiger partial charge is 0.305 e. The SMILES string of the molecule is CCCc1cc(N2CCC(NC)C2)nc(-c2c(N)ccc(N)c2[N+](=O)[O-])n1. The minimum atomic E-state index is -0.524. The van der Waals surface area contributed by atoms with Crippen LogP contribution in [0, 0.1) is 10.1 Å². The Morgan fingerprint density at radius 3 is 2.70 bits per heavy atom. The maximum Gasteiger partial charge on any atom is 0.305 e. The van der Waals surface area contributed by atoms with Gasteiger partial charge in [-0.25, -0.2) is 9.97 Å². The second-order valence-corrected chi connectivity index (χ2v) is 6.74. The molecule has 0 amide bonds. The zero-order valence-corrected chi connectivity index (χ0v) is 15.6. The van der Waals surface area contributed by atoms with Crippen LogP contribution in [-0.2, 0) is 6.42 Å². The lowest BCUT2D eigenvalue weighted by atomic mass is 10.1. The third kappa shape index (κ3) is 3.77. The molecule has 1 aliphatic rings. The van der Waals surface area contributed by atoms with Crippen LogP contribution in [0.5, 0.6) is 0 Å². The topological polar surface area (TPSA) is 136 Å². The molecule has 1 fully saturated rings. The van der Waals surface area contributed by atoms with E-state index in [1.165, 1.54) is 6.07 Å². The summed E-state index contributed by atoms with van der Waals surface area (Å²) in [6.45, 7) is 3.75. The predicted octanol–water partition coefficient (Wildman–Crippen LogP) is 1.97.